The number of amides is 1. The summed E-state index contributed by atoms with van der Waals surface area (Å²) >= 11 is 5.77. The van der Waals surface area contributed by atoms with Crippen molar-refractivity contribution in [1.82, 2.24) is 5.32 Å². The van der Waals surface area contributed by atoms with Crippen LogP contribution in [0, 0.1) is 10.1 Å². The van der Waals surface area contributed by atoms with Crippen LogP contribution in [-0.2, 0) is 4.74 Å². The number of nitrogens with one attached hydrogen (secondary N) is 1. The third-order valence-corrected chi connectivity index (χ3v) is 3.48. The predicted octanol–water partition coefficient (Wildman–Crippen LogP) is 2.55. The highest BCUT2D eigenvalue weighted by atomic mass is 35.5. The van der Waals surface area contributed by atoms with Crippen molar-refractivity contribution >= 4 is 23.2 Å². The van der Waals surface area contributed by atoms with Crippen molar-refractivity contribution in [3.63, 3.8) is 0 Å². The van der Waals surface area contributed by atoms with Gasteiger partial charge in [-0.3, -0.25) is 14.9 Å². The Kier molecular flexibility index (Phi) is 4.92. The topological polar surface area (TPSA) is 81.5 Å². The number of rotatable bonds is 4. The van der Waals surface area contributed by atoms with Crippen LogP contribution in [0.1, 0.15) is 29.6 Å². The van der Waals surface area contributed by atoms with Gasteiger partial charge in [-0.1, -0.05) is 17.7 Å². The Morgan fingerprint density at radius 3 is 2.95 bits per heavy atom. The second kappa shape index (κ2) is 6.67. The molecule has 0 saturated carbocycles. The SMILES string of the molecule is O=C(NCC1CCCCO1)c1cccc(Cl)c1[N+](=O)[O-]. The maximum Gasteiger partial charge on any atom is 0.300 e. The first-order valence-corrected chi connectivity index (χ1v) is 6.80. The van der Waals surface area contributed by atoms with Gasteiger partial charge in [-0.25, -0.2) is 0 Å². The first-order valence-electron chi connectivity index (χ1n) is 6.42. The molecule has 0 bridgehead atoms. The van der Waals surface area contributed by atoms with Crippen LogP contribution < -0.4 is 5.32 Å². The summed E-state index contributed by atoms with van der Waals surface area (Å²) in [6.45, 7) is 1.04. The van der Waals surface area contributed by atoms with E-state index in [0.717, 1.165) is 19.3 Å². The molecule has 1 aromatic rings. The van der Waals surface area contributed by atoms with Gasteiger partial charge >= 0.3 is 5.69 Å². The van der Waals surface area contributed by atoms with Crippen molar-refractivity contribution in [1.29, 1.82) is 0 Å². The van der Waals surface area contributed by atoms with E-state index < -0.39 is 10.8 Å². The van der Waals surface area contributed by atoms with E-state index in [1.807, 2.05) is 0 Å². The van der Waals surface area contributed by atoms with Crippen LogP contribution in [0.2, 0.25) is 5.02 Å². The molecule has 1 amide bonds. The molecule has 1 heterocycles. The van der Waals surface area contributed by atoms with Crippen LogP contribution in [0.5, 0.6) is 0 Å². The number of halogens is 1. The molecule has 6 nitrogen and oxygen atoms in total. The van der Waals surface area contributed by atoms with E-state index in [9.17, 15) is 14.9 Å². The third kappa shape index (κ3) is 3.46. The predicted molar refractivity (Wildman–Crippen MR) is 74.0 cm³/mol. The summed E-state index contributed by atoms with van der Waals surface area (Å²) in [6, 6.07) is 4.29. The lowest BCUT2D eigenvalue weighted by Gasteiger charge is -2.22. The first kappa shape index (κ1) is 14.7. The standard InChI is InChI=1S/C13H15ClN2O4/c14-11-6-3-5-10(12(11)16(18)19)13(17)15-8-9-4-1-2-7-20-9/h3,5-6,9H,1-2,4,7-8H2,(H,15,17). The number of benzene rings is 1. The fraction of sp³-hybridized carbons (Fsp3) is 0.462. The Morgan fingerprint density at radius 2 is 2.30 bits per heavy atom. The van der Waals surface area contributed by atoms with Gasteiger partial charge in [0.15, 0.2) is 0 Å². The van der Waals surface area contributed by atoms with Crippen LogP contribution in [0.25, 0.3) is 0 Å². The molecule has 1 aromatic carbocycles. The fourth-order valence-corrected chi connectivity index (χ4v) is 2.40. The van der Waals surface area contributed by atoms with Gasteiger partial charge in [-0.15, -0.1) is 0 Å². The number of nitrogens with zero attached hydrogens (tertiary/aromatic N) is 1. The highest BCUT2D eigenvalue weighted by Gasteiger charge is 2.24. The maximum atomic E-state index is 12.0. The van der Waals surface area contributed by atoms with Crippen LogP contribution >= 0.6 is 11.6 Å². The van der Waals surface area contributed by atoms with Crippen LogP contribution in [-0.4, -0.2) is 30.1 Å². The van der Waals surface area contributed by atoms with Gasteiger partial charge in [0.1, 0.15) is 10.6 Å². The summed E-state index contributed by atoms with van der Waals surface area (Å²) in [5.74, 6) is -0.506. The smallest absolute Gasteiger partial charge is 0.300 e. The van der Waals surface area contributed by atoms with Crippen molar-refractivity contribution in [3.8, 4) is 0 Å². The molecule has 1 saturated heterocycles. The zero-order chi connectivity index (χ0) is 14.5. The Labute approximate surface area is 121 Å². The largest absolute Gasteiger partial charge is 0.376 e. The zero-order valence-corrected chi connectivity index (χ0v) is 11.6. The molecule has 20 heavy (non-hydrogen) atoms. The Balaban J connectivity index is 2.05. The molecule has 1 atom stereocenters. The van der Waals surface area contributed by atoms with Gasteiger partial charge in [0, 0.05) is 13.2 Å². The molecular formula is C13H15ClN2O4. The summed E-state index contributed by atoms with van der Waals surface area (Å²) in [7, 11) is 0. The number of nitro benzene ring substituents is 1. The number of carbonyl (C=O) groups is 1. The number of hydrogen-bond donors (Lipinski definition) is 1. The molecule has 0 spiro atoms. The summed E-state index contributed by atoms with van der Waals surface area (Å²) < 4.78 is 5.49. The van der Waals surface area contributed by atoms with E-state index in [-0.39, 0.29) is 22.4 Å². The Hall–Kier alpha value is -1.66. The molecule has 0 radical (unpaired) electrons. The van der Waals surface area contributed by atoms with E-state index in [1.54, 1.807) is 0 Å². The Bertz CT molecular complexity index is 515. The second-order valence-corrected chi connectivity index (χ2v) is 5.00. The van der Waals surface area contributed by atoms with Gasteiger partial charge in [0.25, 0.3) is 5.91 Å². The van der Waals surface area contributed by atoms with Gasteiger partial charge in [-0.2, -0.15) is 0 Å². The van der Waals surface area contributed by atoms with Crippen LogP contribution in [0.3, 0.4) is 0 Å². The quantitative estimate of drug-likeness (QED) is 0.684. The lowest BCUT2D eigenvalue weighted by molar-refractivity contribution is -0.385. The van der Waals surface area contributed by atoms with E-state index in [2.05, 4.69) is 5.32 Å². The van der Waals surface area contributed by atoms with Gasteiger partial charge in [-0.05, 0) is 31.4 Å². The summed E-state index contributed by atoms with van der Waals surface area (Å²) in [4.78, 5) is 22.4. The van der Waals surface area contributed by atoms with Gasteiger partial charge in [0.2, 0.25) is 0 Å². The monoisotopic (exact) mass is 298 g/mol. The summed E-state index contributed by atoms with van der Waals surface area (Å²) in [5.41, 5.74) is -0.394. The number of nitro groups is 1. The van der Waals surface area contributed by atoms with E-state index in [4.69, 9.17) is 16.3 Å². The maximum absolute atomic E-state index is 12.0. The minimum atomic E-state index is -0.644. The van der Waals surface area contributed by atoms with Gasteiger partial charge < -0.3 is 10.1 Å². The highest BCUT2D eigenvalue weighted by Crippen LogP contribution is 2.28. The minimum absolute atomic E-state index is 0.0223. The minimum Gasteiger partial charge on any atom is -0.376 e. The highest BCUT2D eigenvalue weighted by molar-refractivity contribution is 6.33. The van der Waals surface area contributed by atoms with Crippen molar-refractivity contribution in [3.05, 3.63) is 38.9 Å². The van der Waals surface area contributed by atoms with E-state index in [1.165, 1.54) is 18.2 Å². The van der Waals surface area contributed by atoms with Crippen molar-refractivity contribution in [2.45, 2.75) is 25.4 Å². The van der Waals surface area contributed by atoms with E-state index in [0.29, 0.717) is 13.2 Å². The normalized spacial score (nSPS) is 18.6. The molecule has 7 heteroatoms. The van der Waals surface area contributed by atoms with Crippen molar-refractivity contribution in [2.24, 2.45) is 0 Å². The first-order chi connectivity index (χ1) is 9.59. The zero-order valence-electron chi connectivity index (χ0n) is 10.8. The fourth-order valence-electron chi connectivity index (χ4n) is 2.15. The molecule has 1 fully saturated rings. The molecule has 2 rings (SSSR count). The third-order valence-electron chi connectivity index (χ3n) is 3.18. The van der Waals surface area contributed by atoms with Crippen molar-refractivity contribution < 1.29 is 14.5 Å². The lowest BCUT2D eigenvalue weighted by Crippen LogP contribution is -2.35. The molecule has 1 aliphatic heterocycles. The van der Waals surface area contributed by atoms with E-state index >= 15 is 0 Å². The Morgan fingerprint density at radius 1 is 1.50 bits per heavy atom. The molecule has 108 valence electrons. The number of ether oxygens (including phenoxy) is 1. The summed E-state index contributed by atoms with van der Waals surface area (Å²) in [5, 5.41) is 13.6. The second-order valence-electron chi connectivity index (χ2n) is 4.59. The molecule has 0 aliphatic carbocycles. The average molecular weight is 299 g/mol. The lowest BCUT2D eigenvalue weighted by atomic mass is 10.1. The van der Waals surface area contributed by atoms with Crippen LogP contribution in [0.4, 0.5) is 5.69 Å². The molecule has 1 N–H and O–H groups in total. The molecule has 0 aromatic heterocycles. The van der Waals surface area contributed by atoms with Gasteiger partial charge in [0.05, 0.1) is 11.0 Å². The average Bonchev–Trinajstić information content (AvgIpc) is 2.45. The number of carbonyl (C=O) groups excluding carboxylic acids is 1. The number of para-hydroxylation sites is 1. The molecular weight excluding hydrogens is 284 g/mol. The van der Waals surface area contributed by atoms with Crippen LogP contribution in [0.15, 0.2) is 18.2 Å². The van der Waals surface area contributed by atoms with Crippen molar-refractivity contribution in [2.75, 3.05) is 13.2 Å². The molecule has 1 unspecified atom stereocenters. The number of hydrogen-bond acceptors (Lipinski definition) is 4. The molecule has 1 aliphatic rings. The summed E-state index contributed by atoms with van der Waals surface area (Å²) in [6.07, 6.45) is 2.96.